The monoisotopic (exact) mass is 201 g/mol. The quantitative estimate of drug-likeness (QED) is 0.539. The third-order valence-corrected chi connectivity index (χ3v) is 2.92. The second-order valence-corrected chi connectivity index (χ2v) is 3.68. The Morgan fingerprint density at radius 3 is 2.67 bits per heavy atom. The molecule has 0 N–H and O–H groups in total. The number of hydrogen-bond acceptors (Lipinski definition) is 2. The van der Waals surface area contributed by atoms with Crippen LogP contribution in [0.2, 0.25) is 0 Å². The van der Waals surface area contributed by atoms with Gasteiger partial charge in [0.15, 0.2) is 5.41 Å². The van der Waals surface area contributed by atoms with Crippen LogP contribution in [0.15, 0.2) is 30.3 Å². The summed E-state index contributed by atoms with van der Waals surface area (Å²) >= 11 is 0. The van der Waals surface area contributed by atoms with Crippen LogP contribution in [-0.4, -0.2) is 19.1 Å². The number of esters is 1. The molecule has 0 amide bonds. The highest BCUT2D eigenvalue weighted by Crippen LogP contribution is 2.51. The number of carbonyl (C=O) groups is 1. The molecule has 1 aromatic carbocycles. The summed E-state index contributed by atoms with van der Waals surface area (Å²) in [6.07, 6.45) is 0.577. The molecule has 2 unspecified atom stereocenters. The highest BCUT2D eigenvalue weighted by atomic mass is 16.5. The summed E-state index contributed by atoms with van der Waals surface area (Å²) in [4.78, 5) is 15.1. The zero-order chi connectivity index (χ0) is 10.9. The van der Waals surface area contributed by atoms with E-state index in [0.29, 0.717) is 6.42 Å². The Hall–Kier alpha value is -1.82. The first kappa shape index (κ1) is 9.72. The lowest BCUT2D eigenvalue weighted by molar-refractivity contribution is -0.143. The molecule has 0 heterocycles. The lowest BCUT2D eigenvalue weighted by Crippen LogP contribution is -2.25. The first-order chi connectivity index (χ1) is 7.25. The second-order valence-electron chi connectivity index (χ2n) is 3.68. The van der Waals surface area contributed by atoms with Gasteiger partial charge in [-0.15, -0.1) is 0 Å². The van der Waals surface area contributed by atoms with Crippen molar-refractivity contribution in [3.63, 3.8) is 0 Å². The average Bonchev–Trinajstić information content (AvgIpc) is 3.05. The molecule has 1 aliphatic carbocycles. The molecule has 0 bridgehead atoms. The normalized spacial score (nSPS) is 27.9. The molecule has 0 saturated heterocycles. The molecule has 15 heavy (non-hydrogen) atoms. The van der Waals surface area contributed by atoms with E-state index >= 15 is 0 Å². The maximum Gasteiger partial charge on any atom is 0.324 e. The fourth-order valence-corrected chi connectivity index (χ4v) is 1.97. The van der Waals surface area contributed by atoms with Gasteiger partial charge in [0, 0.05) is 0 Å². The van der Waals surface area contributed by atoms with Gasteiger partial charge >= 0.3 is 5.97 Å². The molecule has 0 aliphatic heterocycles. The van der Waals surface area contributed by atoms with Crippen molar-refractivity contribution < 1.29 is 9.53 Å². The Bertz CT molecular complexity index is 421. The zero-order valence-corrected chi connectivity index (χ0v) is 8.43. The molecule has 0 radical (unpaired) electrons. The topological polar surface area (TPSA) is 30.7 Å². The highest BCUT2D eigenvalue weighted by Gasteiger charge is 2.69. The first-order valence-electron chi connectivity index (χ1n) is 4.76. The molecule has 1 fully saturated rings. The van der Waals surface area contributed by atoms with Crippen LogP contribution in [0, 0.1) is 6.57 Å². The summed E-state index contributed by atoms with van der Waals surface area (Å²) in [6, 6.07) is 9.14. The van der Waals surface area contributed by atoms with Gasteiger partial charge in [-0.25, -0.2) is 6.57 Å². The second kappa shape index (κ2) is 3.39. The maximum absolute atomic E-state index is 11.7. The fraction of sp³-hybridized carbons (Fsp3) is 0.333. The predicted octanol–water partition coefficient (Wildman–Crippen LogP) is 1.79. The number of nitrogens with zero attached hydrogens (tertiary/aromatic N) is 1. The molecule has 76 valence electrons. The largest absolute Gasteiger partial charge is 0.468 e. The van der Waals surface area contributed by atoms with Gasteiger partial charge in [-0.1, -0.05) is 30.3 Å². The molecule has 0 aromatic heterocycles. The first-order valence-corrected chi connectivity index (χ1v) is 4.76. The fourth-order valence-electron chi connectivity index (χ4n) is 1.97. The number of hydrogen-bond donors (Lipinski definition) is 0. The summed E-state index contributed by atoms with van der Waals surface area (Å²) in [5.74, 6) is -0.297. The number of carbonyl (C=O) groups excluding carboxylic acids is 1. The van der Waals surface area contributed by atoms with E-state index in [4.69, 9.17) is 11.3 Å². The third-order valence-electron chi connectivity index (χ3n) is 2.92. The van der Waals surface area contributed by atoms with E-state index in [1.54, 1.807) is 0 Å². The van der Waals surface area contributed by atoms with Crippen molar-refractivity contribution in [2.75, 3.05) is 7.11 Å². The maximum atomic E-state index is 11.7. The Morgan fingerprint density at radius 1 is 1.53 bits per heavy atom. The lowest BCUT2D eigenvalue weighted by Gasteiger charge is -2.10. The SMILES string of the molecule is [C-]#[N+]C1CC1(C(=O)OC)c1ccccc1. The van der Waals surface area contributed by atoms with Crippen LogP contribution in [0.25, 0.3) is 4.85 Å². The molecule has 2 rings (SSSR count). The van der Waals surface area contributed by atoms with Gasteiger partial charge in [-0.2, -0.15) is 0 Å². The molecule has 2 atom stereocenters. The Labute approximate surface area is 88.5 Å². The van der Waals surface area contributed by atoms with Gasteiger partial charge in [0.1, 0.15) is 0 Å². The number of rotatable bonds is 2. The van der Waals surface area contributed by atoms with E-state index in [1.807, 2.05) is 30.3 Å². The van der Waals surface area contributed by atoms with Crippen LogP contribution in [0.4, 0.5) is 0 Å². The smallest absolute Gasteiger partial charge is 0.324 e. The van der Waals surface area contributed by atoms with Gasteiger partial charge < -0.3 is 9.58 Å². The molecular formula is C12H11NO2. The van der Waals surface area contributed by atoms with E-state index in [1.165, 1.54) is 7.11 Å². The van der Waals surface area contributed by atoms with Crippen molar-refractivity contribution in [1.29, 1.82) is 0 Å². The zero-order valence-electron chi connectivity index (χ0n) is 8.43. The number of benzene rings is 1. The van der Waals surface area contributed by atoms with Gasteiger partial charge in [0.25, 0.3) is 0 Å². The molecule has 3 nitrogen and oxygen atoms in total. The summed E-state index contributed by atoms with van der Waals surface area (Å²) in [5, 5.41) is 0. The van der Waals surface area contributed by atoms with E-state index < -0.39 is 5.41 Å². The van der Waals surface area contributed by atoms with E-state index in [-0.39, 0.29) is 12.0 Å². The Morgan fingerprint density at radius 2 is 2.20 bits per heavy atom. The lowest BCUT2D eigenvalue weighted by atomic mass is 9.95. The minimum Gasteiger partial charge on any atom is -0.468 e. The summed E-state index contributed by atoms with van der Waals surface area (Å²) in [5.41, 5.74) is 0.190. The molecule has 1 saturated carbocycles. The molecule has 1 aliphatic rings. The van der Waals surface area contributed by atoms with E-state index in [2.05, 4.69) is 4.85 Å². The van der Waals surface area contributed by atoms with Gasteiger partial charge in [-0.3, -0.25) is 4.79 Å². The third kappa shape index (κ3) is 1.30. The van der Waals surface area contributed by atoms with Crippen molar-refractivity contribution in [3.05, 3.63) is 47.3 Å². The van der Waals surface area contributed by atoms with Crippen LogP contribution in [0.3, 0.4) is 0 Å². The minimum atomic E-state index is -0.697. The van der Waals surface area contributed by atoms with Gasteiger partial charge in [0.2, 0.25) is 6.04 Å². The van der Waals surface area contributed by atoms with Crippen molar-refractivity contribution >= 4 is 5.97 Å². The van der Waals surface area contributed by atoms with Crippen LogP contribution in [0.5, 0.6) is 0 Å². The highest BCUT2D eigenvalue weighted by molar-refractivity contribution is 5.89. The number of methoxy groups -OCH3 is 1. The van der Waals surface area contributed by atoms with Gasteiger partial charge in [-0.05, 0) is 5.56 Å². The van der Waals surface area contributed by atoms with Crippen LogP contribution in [0.1, 0.15) is 12.0 Å². The van der Waals surface area contributed by atoms with Crippen molar-refractivity contribution in [3.8, 4) is 0 Å². The van der Waals surface area contributed by atoms with Gasteiger partial charge in [0.05, 0.1) is 13.5 Å². The van der Waals surface area contributed by atoms with Crippen LogP contribution in [-0.2, 0) is 14.9 Å². The van der Waals surface area contributed by atoms with E-state index in [0.717, 1.165) is 5.56 Å². The molecule has 1 aromatic rings. The standard InChI is InChI=1S/C12H11NO2/c1-13-10-8-12(10,11(14)15-2)9-6-4-3-5-7-9/h3-7,10H,8H2,2H3. The van der Waals surface area contributed by atoms with Crippen LogP contribution >= 0.6 is 0 Å². The van der Waals surface area contributed by atoms with Crippen molar-refractivity contribution in [1.82, 2.24) is 0 Å². The summed E-state index contributed by atoms with van der Waals surface area (Å²) in [6.45, 7) is 7.01. The Kier molecular flexibility index (Phi) is 2.20. The molecule has 0 spiro atoms. The number of ether oxygens (including phenoxy) is 1. The van der Waals surface area contributed by atoms with Crippen molar-refractivity contribution in [2.24, 2.45) is 0 Å². The van der Waals surface area contributed by atoms with E-state index in [9.17, 15) is 4.79 Å². The predicted molar refractivity (Wildman–Crippen MR) is 55.1 cm³/mol. The van der Waals surface area contributed by atoms with Crippen molar-refractivity contribution in [2.45, 2.75) is 17.9 Å². The summed E-state index contributed by atoms with van der Waals surface area (Å²) < 4.78 is 4.78. The summed E-state index contributed by atoms with van der Waals surface area (Å²) in [7, 11) is 1.37. The Balaban J connectivity index is 2.40. The average molecular weight is 201 g/mol. The molecular weight excluding hydrogens is 190 g/mol. The minimum absolute atomic E-state index is 0.257. The van der Waals surface area contributed by atoms with Crippen LogP contribution < -0.4 is 0 Å². The molecule has 3 heteroatoms.